The number of carbonyl (C=O) groups excluding carboxylic acids is 1. The minimum atomic E-state index is 0.0596. The number of rotatable bonds is 5. The summed E-state index contributed by atoms with van der Waals surface area (Å²) in [6, 6.07) is 0. The Bertz CT molecular complexity index is 411. The summed E-state index contributed by atoms with van der Waals surface area (Å²) >= 11 is 5.05. The lowest BCUT2D eigenvalue weighted by Gasteiger charge is -2.60. The maximum atomic E-state index is 12.8. The first-order valence-corrected chi connectivity index (χ1v) is 8.90. The van der Waals surface area contributed by atoms with Crippen LogP contribution in [0.15, 0.2) is 0 Å². The van der Waals surface area contributed by atoms with Crippen LogP contribution < -0.4 is 5.73 Å². The van der Waals surface area contributed by atoms with Gasteiger partial charge in [0.1, 0.15) is 0 Å². The molecule has 0 aromatic heterocycles. The highest BCUT2D eigenvalue weighted by molar-refractivity contribution is 7.80. The van der Waals surface area contributed by atoms with E-state index in [-0.39, 0.29) is 11.5 Å². The van der Waals surface area contributed by atoms with E-state index in [0.29, 0.717) is 17.3 Å². The molecule has 0 radical (unpaired) electrons. The maximum Gasteiger partial charge on any atom is 0.225 e. The van der Waals surface area contributed by atoms with Gasteiger partial charge < -0.3 is 10.6 Å². The quantitative estimate of drug-likeness (QED) is 0.794. The number of hydrogen-bond donors (Lipinski definition) is 1. The van der Waals surface area contributed by atoms with Crippen LogP contribution in [0.2, 0.25) is 0 Å². The molecule has 0 atom stereocenters. The summed E-state index contributed by atoms with van der Waals surface area (Å²) in [5.41, 5.74) is 5.83. The van der Waals surface area contributed by atoms with E-state index in [1.165, 1.54) is 38.5 Å². The summed E-state index contributed by atoms with van der Waals surface area (Å²) in [5, 5.41) is 0. The second-order valence-corrected chi connectivity index (χ2v) is 8.53. The van der Waals surface area contributed by atoms with Gasteiger partial charge >= 0.3 is 0 Å². The van der Waals surface area contributed by atoms with E-state index < -0.39 is 0 Å². The van der Waals surface area contributed by atoms with Gasteiger partial charge in [0, 0.05) is 24.4 Å². The number of amides is 1. The van der Waals surface area contributed by atoms with Gasteiger partial charge in [-0.15, -0.1) is 0 Å². The van der Waals surface area contributed by atoms with Crippen LogP contribution in [-0.2, 0) is 4.79 Å². The third-order valence-corrected chi connectivity index (χ3v) is 6.12. The molecule has 0 aromatic rings. The van der Waals surface area contributed by atoms with Crippen LogP contribution in [0, 0.1) is 23.7 Å². The maximum absolute atomic E-state index is 12.8. The van der Waals surface area contributed by atoms with Crippen molar-refractivity contribution in [3.05, 3.63) is 0 Å². The Morgan fingerprint density at radius 1 is 1.19 bits per heavy atom. The van der Waals surface area contributed by atoms with Crippen molar-refractivity contribution < 1.29 is 4.79 Å². The lowest BCUT2D eigenvalue weighted by atomic mass is 9.52. The second-order valence-electron chi connectivity index (χ2n) is 8.00. The van der Waals surface area contributed by atoms with Crippen LogP contribution >= 0.6 is 12.2 Å². The van der Waals surface area contributed by atoms with E-state index in [1.54, 1.807) is 0 Å². The minimum absolute atomic E-state index is 0.0596. The van der Waals surface area contributed by atoms with Crippen molar-refractivity contribution in [3.63, 3.8) is 0 Å². The van der Waals surface area contributed by atoms with E-state index in [2.05, 4.69) is 4.90 Å². The van der Waals surface area contributed by atoms with E-state index in [9.17, 15) is 4.79 Å². The first-order chi connectivity index (χ1) is 9.89. The number of thiocarbonyl (C=S) groups is 1. The zero-order chi connectivity index (χ0) is 15.2. The molecule has 3 nitrogen and oxygen atoms in total. The van der Waals surface area contributed by atoms with Crippen LogP contribution in [0.4, 0.5) is 0 Å². The largest absolute Gasteiger partial charge is 0.393 e. The molecule has 4 aliphatic rings. The van der Waals surface area contributed by atoms with E-state index in [0.717, 1.165) is 24.3 Å². The van der Waals surface area contributed by atoms with Crippen molar-refractivity contribution in [3.8, 4) is 0 Å². The number of nitrogens with two attached hydrogens (primary N) is 1. The van der Waals surface area contributed by atoms with E-state index in [4.69, 9.17) is 18.0 Å². The molecule has 21 heavy (non-hydrogen) atoms. The normalized spacial score (nSPS) is 37.0. The predicted molar refractivity (Wildman–Crippen MR) is 88.9 cm³/mol. The molecule has 4 rings (SSSR count). The molecular formula is C17H28N2OS. The molecule has 2 N–H and O–H groups in total. The lowest BCUT2D eigenvalue weighted by Crippen LogP contribution is -2.62. The van der Waals surface area contributed by atoms with Gasteiger partial charge in [0.05, 0.1) is 4.99 Å². The summed E-state index contributed by atoms with van der Waals surface area (Å²) in [6.07, 6.45) is 8.52. The van der Waals surface area contributed by atoms with Crippen molar-refractivity contribution in [1.29, 1.82) is 0 Å². The van der Waals surface area contributed by atoms with Crippen LogP contribution in [0.3, 0.4) is 0 Å². The fraction of sp³-hybridized carbons (Fsp3) is 0.882. The Morgan fingerprint density at radius 2 is 1.67 bits per heavy atom. The molecule has 4 heteroatoms. The molecule has 4 bridgehead atoms. The summed E-state index contributed by atoms with van der Waals surface area (Å²) in [4.78, 5) is 15.5. The van der Waals surface area contributed by atoms with Gasteiger partial charge in [-0.05, 0) is 56.3 Å². The number of hydrogen-bond acceptors (Lipinski definition) is 2. The third-order valence-electron chi connectivity index (χ3n) is 5.92. The second kappa shape index (κ2) is 5.53. The summed E-state index contributed by atoms with van der Waals surface area (Å²) in [5.74, 6) is 2.91. The van der Waals surface area contributed by atoms with Gasteiger partial charge in [0.15, 0.2) is 0 Å². The highest BCUT2D eigenvalue weighted by atomic mass is 32.1. The van der Waals surface area contributed by atoms with Crippen LogP contribution in [0.5, 0.6) is 0 Å². The average molecular weight is 308 g/mol. The topological polar surface area (TPSA) is 46.3 Å². The molecule has 4 saturated carbocycles. The molecule has 0 unspecified atom stereocenters. The standard InChI is InChI=1S/C17H28N2OS/c1-11(2)16(20)19(4-3-15(18)21)17-8-12-5-13(9-17)7-14(6-12)10-17/h11-14H,3-10H2,1-2H3,(H2,18,21). The van der Waals surface area contributed by atoms with E-state index in [1.807, 2.05) is 13.8 Å². The van der Waals surface area contributed by atoms with Crippen molar-refractivity contribution in [2.24, 2.45) is 29.4 Å². The lowest BCUT2D eigenvalue weighted by molar-refractivity contribution is -0.153. The molecular weight excluding hydrogens is 280 g/mol. The summed E-state index contributed by atoms with van der Waals surface area (Å²) in [6.45, 7) is 4.74. The number of nitrogens with zero attached hydrogens (tertiary/aromatic N) is 1. The van der Waals surface area contributed by atoms with Crippen molar-refractivity contribution in [1.82, 2.24) is 4.90 Å². The first kappa shape index (κ1) is 15.3. The van der Waals surface area contributed by atoms with Crippen molar-refractivity contribution in [2.75, 3.05) is 6.54 Å². The van der Waals surface area contributed by atoms with Crippen molar-refractivity contribution >= 4 is 23.1 Å². The molecule has 4 aliphatic carbocycles. The molecule has 0 aromatic carbocycles. The monoisotopic (exact) mass is 308 g/mol. The van der Waals surface area contributed by atoms with Crippen LogP contribution in [0.25, 0.3) is 0 Å². The molecule has 0 spiro atoms. The molecule has 0 aliphatic heterocycles. The average Bonchev–Trinajstić information content (AvgIpc) is 2.36. The summed E-state index contributed by atoms with van der Waals surface area (Å²) < 4.78 is 0. The molecule has 4 fully saturated rings. The van der Waals surface area contributed by atoms with Crippen molar-refractivity contribution in [2.45, 2.75) is 64.3 Å². The van der Waals surface area contributed by atoms with Gasteiger partial charge in [-0.25, -0.2) is 0 Å². The Labute approximate surface area is 133 Å². The molecule has 1 amide bonds. The minimum Gasteiger partial charge on any atom is -0.393 e. The summed E-state index contributed by atoms with van der Waals surface area (Å²) in [7, 11) is 0. The highest BCUT2D eigenvalue weighted by Gasteiger charge is 2.54. The molecule has 118 valence electrons. The Hall–Kier alpha value is -0.640. The fourth-order valence-electron chi connectivity index (χ4n) is 5.51. The third kappa shape index (κ3) is 2.84. The van der Waals surface area contributed by atoms with Crippen LogP contribution in [-0.4, -0.2) is 27.9 Å². The molecule has 0 saturated heterocycles. The highest BCUT2D eigenvalue weighted by Crippen LogP contribution is 2.58. The zero-order valence-electron chi connectivity index (χ0n) is 13.3. The van der Waals surface area contributed by atoms with E-state index >= 15 is 0 Å². The predicted octanol–water partition coefficient (Wildman–Crippen LogP) is 3.12. The SMILES string of the molecule is CC(C)C(=O)N(CCC(N)=S)C12CC3CC(CC(C3)C1)C2. The fourth-order valence-corrected chi connectivity index (χ4v) is 5.60. The Balaban J connectivity index is 1.84. The van der Waals surface area contributed by atoms with Crippen LogP contribution in [0.1, 0.15) is 58.8 Å². The Kier molecular flexibility index (Phi) is 4.02. The number of carbonyl (C=O) groups is 1. The first-order valence-electron chi connectivity index (χ1n) is 8.49. The zero-order valence-corrected chi connectivity index (χ0v) is 14.1. The van der Waals surface area contributed by atoms with Gasteiger partial charge in [-0.3, -0.25) is 4.79 Å². The van der Waals surface area contributed by atoms with Gasteiger partial charge in [0.2, 0.25) is 5.91 Å². The Morgan fingerprint density at radius 3 is 2.05 bits per heavy atom. The van der Waals surface area contributed by atoms with Gasteiger partial charge in [-0.1, -0.05) is 26.1 Å². The van der Waals surface area contributed by atoms with Gasteiger partial charge in [-0.2, -0.15) is 0 Å². The smallest absolute Gasteiger partial charge is 0.225 e. The van der Waals surface area contributed by atoms with Gasteiger partial charge in [0.25, 0.3) is 0 Å². The molecule has 0 heterocycles.